The van der Waals surface area contributed by atoms with Crippen molar-refractivity contribution in [1.82, 2.24) is 4.90 Å². The van der Waals surface area contributed by atoms with Crippen LogP contribution in [0.25, 0.3) is 6.08 Å². The maximum atomic E-state index is 12.5. The summed E-state index contributed by atoms with van der Waals surface area (Å²) in [5, 5.41) is 0. The molecule has 0 aromatic heterocycles. The first-order valence-electron chi connectivity index (χ1n) is 8.34. The van der Waals surface area contributed by atoms with Gasteiger partial charge >= 0.3 is 5.97 Å². The van der Waals surface area contributed by atoms with E-state index in [0.29, 0.717) is 32.8 Å². The topological polar surface area (TPSA) is 55.8 Å². The summed E-state index contributed by atoms with van der Waals surface area (Å²) >= 11 is 8.59. The molecule has 0 unspecified atom stereocenters. The fourth-order valence-corrected chi connectivity index (χ4v) is 4.56. The SMILES string of the molecule is CCN1C(=O)/C(=C\c2ccc(OC(=O)c3ccccc3I)c(OC)c2)SC1=S. The molecule has 8 heteroatoms. The number of carbonyl (C=O) groups is 2. The van der Waals surface area contributed by atoms with Gasteiger partial charge in [-0.05, 0) is 65.4 Å². The molecule has 1 aliphatic rings. The molecule has 1 fully saturated rings. The number of likely N-dealkylation sites (N-methyl/N-ethyl adjacent to an activating group) is 1. The van der Waals surface area contributed by atoms with E-state index in [0.717, 1.165) is 9.13 Å². The third-order valence-electron chi connectivity index (χ3n) is 3.97. The van der Waals surface area contributed by atoms with Crippen LogP contribution >= 0.6 is 46.6 Å². The Morgan fingerprint density at radius 2 is 2.00 bits per heavy atom. The number of halogens is 1. The summed E-state index contributed by atoms with van der Waals surface area (Å²) in [4.78, 5) is 26.9. The molecule has 2 aromatic rings. The number of carbonyl (C=O) groups excluding carboxylic acids is 2. The van der Waals surface area contributed by atoms with Crippen LogP contribution in [0.2, 0.25) is 0 Å². The lowest BCUT2D eigenvalue weighted by Gasteiger charge is -2.11. The Hall–Kier alpha value is -1.91. The number of thioether (sulfide) groups is 1. The summed E-state index contributed by atoms with van der Waals surface area (Å²) < 4.78 is 12.2. The van der Waals surface area contributed by atoms with Gasteiger partial charge in [0.2, 0.25) is 0 Å². The number of nitrogens with zero attached hydrogens (tertiary/aromatic N) is 1. The van der Waals surface area contributed by atoms with Gasteiger partial charge in [0, 0.05) is 10.1 Å². The first-order valence-corrected chi connectivity index (χ1v) is 10.6. The Morgan fingerprint density at radius 1 is 1.25 bits per heavy atom. The molecule has 1 aliphatic heterocycles. The van der Waals surface area contributed by atoms with Gasteiger partial charge in [-0.3, -0.25) is 9.69 Å². The number of amides is 1. The van der Waals surface area contributed by atoms with Gasteiger partial charge in [-0.2, -0.15) is 0 Å². The molecule has 5 nitrogen and oxygen atoms in total. The molecule has 28 heavy (non-hydrogen) atoms. The van der Waals surface area contributed by atoms with Crippen molar-refractivity contribution in [2.45, 2.75) is 6.92 Å². The Balaban J connectivity index is 1.84. The average Bonchev–Trinajstić information content (AvgIpc) is 2.95. The first-order chi connectivity index (χ1) is 13.4. The van der Waals surface area contributed by atoms with Gasteiger partial charge in [0.1, 0.15) is 4.32 Å². The van der Waals surface area contributed by atoms with Crippen LogP contribution in [0.5, 0.6) is 11.5 Å². The molecule has 3 rings (SSSR count). The molecule has 0 N–H and O–H groups in total. The molecule has 1 amide bonds. The number of thiocarbonyl (C=S) groups is 1. The maximum absolute atomic E-state index is 12.5. The zero-order valence-electron chi connectivity index (χ0n) is 15.1. The minimum absolute atomic E-state index is 0.106. The van der Waals surface area contributed by atoms with E-state index < -0.39 is 5.97 Å². The zero-order valence-corrected chi connectivity index (χ0v) is 18.9. The molecular formula is C20H16INO4S2. The summed E-state index contributed by atoms with van der Waals surface area (Å²) in [5.74, 6) is 0.148. The van der Waals surface area contributed by atoms with Gasteiger partial charge in [-0.1, -0.05) is 42.2 Å². The zero-order chi connectivity index (χ0) is 20.3. The summed E-state index contributed by atoms with van der Waals surface area (Å²) in [6, 6.07) is 12.3. The van der Waals surface area contributed by atoms with E-state index in [4.69, 9.17) is 21.7 Å². The second-order valence-electron chi connectivity index (χ2n) is 5.71. The molecule has 1 saturated heterocycles. The van der Waals surface area contributed by atoms with Crippen LogP contribution in [-0.4, -0.2) is 34.8 Å². The number of hydrogen-bond donors (Lipinski definition) is 0. The quantitative estimate of drug-likeness (QED) is 0.185. The molecule has 0 radical (unpaired) electrons. The van der Waals surface area contributed by atoms with Gasteiger partial charge in [0.05, 0.1) is 17.6 Å². The monoisotopic (exact) mass is 525 g/mol. The van der Waals surface area contributed by atoms with Crippen molar-refractivity contribution in [1.29, 1.82) is 0 Å². The Bertz CT molecular complexity index is 990. The molecule has 1 heterocycles. The normalized spacial score (nSPS) is 15.2. The number of benzene rings is 2. The lowest BCUT2D eigenvalue weighted by molar-refractivity contribution is -0.121. The summed E-state index contributed by atoms with van der Waals surface area (Å²) in [5.41, 5.74) is 1.24. The average molecular weight is 525 g/mol. The van der Waals surface area contributed by atoms with Crippen LogP contribution < -0.4 is 9.47 Å². The summed E-state index contributed by atoms with van der Waals surface area (Å²) in [6.45, 7) is 2.42. The smallest absolute Gasteiger partial charge is 0.344 e. The second-order valence-corrected chi connectivity index (χ2v) is 8.54. The minimum Gasteiger partial charge on any atom is -0.493 e. The van der Waals surface area contributed by atoms with E-state index in [2.05, 4.69) is 22.6 Å². The third kappa shape index (κ3) is 4.39. The van der Waals surface area contributed by atoms with Crippen LogP contribution in [0.1, 0.15) is 22.8 Å². The van der Waals surface area contributed by atoms with Crippen molar-refractivity contribution in [3.8, 4) is 11.5 Å². The maximum Gasteiger partial charge on any atom is 0.344 e. The Kier molecular flexibility index (Phi) is 6.73. The van der Waals surface area contributed by atoms with E-state index >= 15 is 0 Å². The molecule has 2 aromatic carbocycles. The van der Waals surface area contributed by atoms with Crippen LogP contribution in [-0.2, 0) is 4.79 Å². The van der Waals surface area contributed by atoms with Gasteiger partial charge < -0.3 is 9.47 Å². The Labute approximate surface area is 186 Å². The lowest BCUT2D eigenvalue weighted by atomic mass is 10.1. The summed E-state index contributed by atoms with van der Waals surface area (Å²) in [7, 11) is 1.50. The first kappa shape index (κ1) is 20.8. The number of esters is 1. The standard InChI is InChI=1S/C20H16INO4S2/c1-3-22-18(23)17(28-20(22)27)11-12-8-9-15(16(10-12)25-2)26-19(24)13-6-4-5-7-14(13)21/h4-11H,3H2,1-2H3/b17-11+. The highest BCUT2D eigenvalue weighted by Crippen LogP contribution is 2.35. The van der Waals surface area contributed by atoms with Crippen LogP contribution in [0, 0.1) is 3.57 Å². The van der Waals surface area contributed by atoms with Crippen molar-refractivity contribution in [3.63, 3.8) is 0 Å². The van der Waals surface area contributed by atoms with E-state index in [-0.39, 0.29) is 5.91 Å². The number of ether oxygens (including phenoxy) is 2. The molecule has 0 aliphatic carbocycles. The second kappa shape index (κ2) is 9.06. The van der Waals surface area contributed by atoms with Crippen molar-refractivity contribution in [3.05, 3.63) is 62.1 Å². The van der Waals surface area contributed by atoms with Crippen molar-refractivity contribution in [2.75, 3.05) is 13.7 Å². The molecule has 0 saturated carbocycles. The van der Waals surface area contributed by atoms with Crippen molar-refractivity contribution in [2.24, 2.45) is 0 Å². The van der Waals surface area contributed by atoms with Gasteiger partial charge in [0.15, 0.2) is 11.5 Å². The van der Waals surface area contributed by atoms with Crippen molar-refractivity contribution < 1.29 is 19.1 Å². The van der Waals surface area contributed by atoms with Gasteiger partial charge in [-0.15, -0.1) is 0 Å². The molecule has 0 bridgehead atoms. The minimum atomic E-state index is -0.458. The molecule has 0 atom stereocenters. The van der Waals surface area contributed by atoms with E-state index in [9.17, 15) is 9.59 Å². The van der Waals surface area contributed by atoms with Crippen molar-refractivity contribution >= 4 is 68.8 Å². The van der Waals surface area contributed by atoms with Crippen LogP contribution in [0.15, 0.2) is 47.4 Å². The third-order valence-corrected chi connectivity index (χ3v) is 6.29. The van der Waals surface area contributed by atoms with Crippen LogP contribution in [0.4, 0.5) is 0 Å². The lowest BCUT2D eigenvalue weighted by Crippen LogP contribution is -2.27. The highest BCUT2D eigenvalue weighted by Gasteiger charge is 2.30. The molecular weight excluding hydrogens is 509 g/mol. The predicted octanol–water partition coefficient (Wildman–Crippen LogP) is 4.74. The van der Waals surface area contributed by atoms with Gasteiger partial charge in [-0.25, -0.2) is 4.79 Å². The van der Waals surface area contributed by atoms with Crippen LogP contribution in [0.3, 0.4) is 0 Å². The predicted molar refractivity (Wildman–Crippen MR) is 123 cm³/mol. The highest BCUT2D eigenvalue weighted by atomic mass is 127. The Morgan fingerprint density at radius 3 is 2.64 bits per heavy atom. The summed E-state index contributed by atoms with van der Waals surface area (Å²) in [6.07, 6.45) is 1.75. The fraction of sp³-hybridized carbons (Fsp3) is 0.150. The molecule has 144 valence electrons. The van der Waals surface area contributed by atoms with E-state index in [1.54, 1.807) is 41.3 Å². The van der Waals surface area contributed by atoms with Gasteiger partial charge in [0.25, 0.3) is 5.91 Å². The highest BCUT2D eigenvalue weighted by molar-refractivity contribution is 14.1. The largest absolute Gasteiger partial charge is 0.493 e. The number of methoxy groups -OCH3 is 1. The van der Waals surface area contributed by atoms with E-state index in [1.807, 2.05) is 19.1 Å². The molecule has 0 spiro atoms. The van der Waals surface area contributed by atoms with E-state index in [1.165, 1.54) is 18.9 Å². The number of rotatable bonds is 5. The number of hydrogen-bond acceptors (Lipinski definition) is 6. The fourth-order valence-electron chi connectivity index (χ4n) is 2.56.